The van der Waals surface area contributed by atoms with Gasteiger partial charge in [0.15, 0.2) is 22.7 Å². The maximum atomic E-state index is 12.6. The summed E-state index contributed by atoms with van der Waals surface area (Å²) < 4.78 is 21.1. The first-order valence-corrected chi connectivity index (χ1v) is 37.2. The van der Waals surface area contributed by atoms with Crippen molar-refractivity contribution in [3.63, 3.8) is 0 Å². The molecule has 9 heterocycles. The van der Waals surface area contributed by atoms with Crippen molar-refractivity contribution in [2.45, 2.75) is 111 Å². The molecule has 0 aliphatic carbocycles. The quantitative estimate of drug-likeness (QED) is 0.0370. The molecule has 32 nitrogen and oxygen atoms in total. The molecule has 0 saturated carbocycles. The fourth-order valence-corrected chi connectivity index (χ4v) is 12.3. The van der Waals surface area contributed by atoms with Gasteiger partial charge < -0.3 is 57.4 Å². The van der Waals surface area contributed by atoms with Crippen LogP contribution in [0, 0.1) is 0 Å². The molecule has 0 bridgehead atoms. The fraction of sp³-hybridized carbons (Fsp3) is 0.224. The summed E-state index contributed by atoms with van der Waals surface area (Å²) in [6.07, 6.45) is 4.90. The molecule has 0 atom stereocenters. The maximum absolute atomic E-state index is 12.6. The van der Waals surface area contributed by atoms with E-state index in [1.54, 1.807) is 119 Å². The summed E-state index contributed by atoms with van der Waals surface area (Å²) in [4.78, 5) is 101. The first-order valence-electron chi connectivity index (χ1n) is 37.2. The Hall–Kier alpha value is -15.0. The number of ketones is 1. The molecule has 9 aromatic heterocycles. The Morgan fingerprint density at radius 3 is 0.932 bits per heavy atom. The number of rotatable bonds is 19. The van der Waals surface area contributed by atoms with E-state index in [1.165, 1.54) is 23.9 Å². The standard InChI is InChI=1S/C29H30N8O3.C29H29N7O3.C27H26N8O3/c1-29(2,3)22-14-20(35-40-22)15-23(38)33-19-10-12-21(13-11-19)37-27-24(26(30)31-16-32-27)25(34-37)17-6-8-18(9-7-17)28(39)36(4)5;1-5-22(37)17-6-8-18(9-7-17)26-25-27(30)31-16-32-28(25)36(34-26)21-12-10-19(11-13-21)33-24(38)15-20-14-23(39-35-20)29(2,3)4;1-27(2,3)20-12-18(34-38-20)13-21(36)32-17-8-10-19(11-9-17)35-26-22(24(28)30-14-31-26)23(33-35)15-4-6-16(7-5-15)25(29)37/h6-14,16H,15H2,1-5H3,(H,33,38)(H2,30,31,32);6-14,16H,5,15H2,1-4H3,(H,33,38)(H2,30,31,32);4-12,14H,13H2,1-3H3,(H2,29,37)(H,32,36)(H2,28,30,31). The SMILES string of the molecule is CC(C)(C)c1cc(CC(=O)Nc2ccc(-n3nc(-c4ccc(C(N)=O)cc4)c4c(N)ncnc43)cc2)no1.CCC(=O)c1ccc(-c2nn(-c3ccc(NC(=O)Cc4cc(C(C)(C)C)on4)cc3)c3ncnc(N)c23)cc1.CN(C)C(=O)c1ccc(-c2nn(-c3ccc(NC(=O)Cc4cc(C(C)(C)C)on4)cc3)c3ncnc(N)c23)cc1. The highest BCUT2D eigenvalue weighted by molar-refractivity contribution is 6.04. The Balaban J connectivity index is 0.000000152. The molecular weight excluding hydrogens is 1490 g/mol. The smallest absolute Gasteiger partial charge is 0.253 e. The van der Waals surface area contributed by atoms with Gasteiger partial charge in [-0.25, -0.2) is 43.9 Å². The normalized spacial score (nSPS) is 11.6. The van der Waals surface area contributed by atoms with Crippen LogP contribution in [0.2, 0.25) is 0 Å². The molecule has 0 fully saturated rings. The second kappa shape index (κ2) is 33.0. The lowest BCUT2D eigenvalue weighted by Gasteiger charge is -2.12. The van der Waals surface area contributed by atoms with Crippen LogP contribution in [0.5, 0.6) is 0 Å². The number of Topliss-reactive ketones (excluding diaryl/α,β-unsaturated/α-hetero) is 1. The molecule has 594 valence electrons. The van der Waals surface area contributed by atoms with Crippen molar-refractivity contribution < 1.29 is 42.3 Å². The van der Waals surface area contributed by atoms with Crippen LogP contribution < -0.4 is 38.9 Å². The van der Waals surface area contributed by atoms with Gasteiger partial charge in [-0.3, -0.25) is 28.8 Å². The van der Waals surface area contributed by atoms with Crippen molar-refractivity contribution in [2.75, 3.05) is 47.2 Å². The Kier molecular flexibility index (Phi) is 22.6. The monoisotopic (exact) mass is 1570 g/mol. The van der Waals surface area contributed by atoms with Crippen molar-refractivity contribution in [1.29, 1.82) is 0 Å². The molecule has 0 aliphatic rings. The first-order chi connectivity index (χ1) is 55.7. The lowest BCUT2D eigenvalue weighted by Crippen LogP contribution is -2.21. The van der Waals surface area contributed by atoms with E-state index in [0.717, 1.165) is 45.3 Å². The Morgan fingerprint density at radius 2 is 0.675 bits per heavy atom. The second-order valence-corrected chi connectivity index (χ2v) is 30.8. The molecule has 0 saturated heterocycles. The number of benzene rings is 6. The summed E-state index contributed by atoms with van der Waals surface area (Å²) in [5.74, 6) is 1.92. The highest BCUT2D eigenvalue weighted by Crippen LogP contribution is 2.37. The number of hydrogen-bond donors (Lipinski definition) is 7. The molecule has 15 aromatic rings. The highest BCUT2D eigenvalue weighted by atomic mass is 16.5. The average Bonchev–Trinajstić information content (AvgIpc) is 1.62. The number of nitrogens with zero attached hydrogens (tertiary/aromatic N) is 16. The molecule has 117 heavy (non-hydrogen) atoms. The van der Waals surface area contributed by atoms with E-state index in [9.17, 15) is 28.8 Å². The zero-order valence-electron chi connectivity index (χ0n) is 66.3. The van der Waals surface area contributed by atoms with E-state index in [2.05, 4.69) is 61.3 Å². The van der Waals surface area contributed by atoms with E-state index in [-0.39, 0.29) is 70.7 Å². The van der Waals surface area contributed by atoms with Gasteiger partial charge in [0.25, 0.3) is 5.91 Å². The van der Waals surface area contributed by atoms with Crippen LogP contribution in [0.3, 0.4) is 0 Å². The average molecular weight is 1570 g/mol. The molecule has 32 heteroatoms. The number of hydrogen-bond acceptors (Lipinski definition) is 24. The molecular formula is C85H85N23O9. The summed E-state index contributed by atoms with van der Waals surface area (Å²) in [6, 6.07) is 48.3. The van der Waals surface area contributed by atoms with Crippen molar-refractivity contribution in [1.82, 2.24) is 79.6 Å². The van der Waals surface area contributed by atoms with Crippen LogP contribution in [0.15, 0.2) is 196 Å². The van der Waals surface area contributed by atoms with Gasteiger partial charge in [-0.05, 0) is 97.1 Å². The van der Waals surface area contributed by atoms with Crippen molar-refractivity contribution >= 4 is 103 Å². The summed E-state index contributed by atoms with van der Waals surface area (Å²) in [6.45, 7) is 20.0. The van der Waals surface area contributed by atoms with Crippen molar-refractivity contribution in [3.8, 4) is 50.8 Å². The van der Waals surface area contributed by atoms with E-state index >= 15 is 0 Å². The van der Waals surface area contributed by atoms with E-state index in [4.69, 9.17) is 51.8 Å². The van der Waals surface area contributed by atoms with Gasteiger partial charge in [0, 0.05) is 105 Å². The number of primary amides is 1. The third-order valence-corrected chi connectivity index (χ3v) is 18.6. The fourth-order valence-electron chi connectivity index (χ4n) is 12.3. The minimum atomic E-state index is -0.516. The third kappa shape index (κ3) is 18.1. The van der Waals surface area contributed by atoms with Gasteiger partial charge in [0.05, 0.1) is 69.6 Å². The highest BCUT2D eigenvalue weighted by Gasteiger charge is 2.27. The summed E-state index contributed by atoms with van der Waals surface area (Å²) in [7, 11) is 3.42. The van der Waals surface area contributed by atoms with Gasteiger partial charge in [-0.1, -0.05) is 133 Å². The van der Waals surface area contributed by atoms with E-state index < -0.39 is 5.91 Å². The molecule has 5 amide bonds. The molecule has 0 aliphatic heterocycles. The number of fused-ring (bicyclic) bond motifs is 3. The minimum absolute atomic E-state index is 0.0719. The van der Waals surface area contributed by atoms with Gasteiger partial charge in [0.1, 0.15) is 70.8 Å². The number of nitrogens with one attached hydrogen (secondary N) is 3. The number of aromatic nitrogens is 15. The van der Waals surface area contributed by atoms with Crippen molar-refractivity contribution in [3.05, 3.63) is 234 Å². The van der Waals surface area contributed by atoms with Gasteiger partial charge in [0.2, 0.25) is 23.6 Å². The lowest BCUT2D eigenvalue weighted by atomic mass is 9.93. The van der Waals surface area contributed by atoms with E-state index in [0.29, 0.717) is 125 Å². The molecule has 0 spiro atoms. The number of anilines is 6. The van der Waals surface area contributed by atoms with Crippen LogP contribution in [-0.2, 0) is 49.9 Å². The van der Waals surface area contributed by atoms with Crippen LogP contribution >= 0.6 is 0 Å². The van der Waals surface area contributed by atoms with Gasteiger partial charge >= 0.3 is 0 Å². The Bertz CT molecular complexity index is 6200. The zero-order valence-corrected chi connectivity index (χ0v) is 66.3. The number of amides is 5. The summed E-state index contributed by atoms with van der Waals surface area (Å²) >= 11 is 0. The zero-order chi connectivity index (χ0) is 83.4. The Morgan fingerprint density at radius 1 is 0.393 bits per heavy atom. The summed E-state index contributed by atoms with van der Waals surface area (Å²) in [5, 5.41) is 36.8. The molecule has 11 N–H and O–H groups in total. The van der Waals surface area contributed by atoms with E-state index in [1.807, 2.05) is 142 Å². The summed E-state index contributed by atoms with van der Waals surface area (Å²) in [5.41, 5.74) is 36.5. The minimum Gasteiger partial charge on any atom is -0.383 e. The number of nitrogen functional groups attached to an aromatic ring is 3. The third-order valence-electron chi connectivity index (χ3n) is 18.6. The van der Waals surface area contributed by atoms with Crippen LogP contribution in [0.1, 0.15) is 141 Å². The number of nitrogens with two attached hydrogens (primary N) is 4. The molecule has 0 radical (unpaired) electrons. The number of carbonyl (C=O) groups excluding carboxylic acids is 6. The van der Waals surface area contributed by atoms with Crippen LogP contribution in [0.25, 0.3) is 83.9 Å². The molecule has 15 rings (SSSR count). The lowest BCUT2D eigenvalue weighted by molar-refractivity contribution is -0.116. The van der Waals surface area contributed by atoms with Gasteiger partial charge in [-0.2, -0.15) is 15.3 Å². The Labute approximate surface area is 670 Å². The molecule has 0 unspecified atom stereocenters. The predicted octanol–water partition coefficient (Wildman–Crippen LogP) is 13.0. The van der Waals surface area contributed by atoms with Crippen LogP contribution in [-0.4, -0.2) is 129 Å². The largest absolute Gasteiger partial charge is 0.383 e. The topological polar surface area (TPSA) is 455 Å². The molecule has 6 aromatic carbocycles. The first kappa shape index (κ1) is 80.1. The predicted molar refractivity (Wildman–Crippen MR) is 443 cm³/mol. The van der Waals surface area contributed by atoms with Gasteiger partial charge in [-0.15, -0.1) is 0 Å². The van der Waals surface area contributed by atoms with Crippen LogP contribution in [0.4, 0.5) is 34.5 Å². The van der Waals surface area contributed by atoms with Crippen molar-refractivity contribution in [2.24, 2.45) is 5.73 Å². The second-order valence-electron chi connectivity index (χ2n) is 30.8. The number of carbonyl (C=O) groups is 6. The maximum Gasteiger partial charge on any atom is 0.253 e.